The van der Waals surface area contributed by atoms with Crippen LogP contribution in [-0.2, 0) is 19.3 Å². The number of nitrogens with two attached hydrogens (primary N) is 1. The molecule has 0 amide bonds. The number of hydrogen-bond acceptors (Lipinski definition) is 2. The maximum Gasteiger partial charge on any atom is 0.0636 e. The molecule has 0 heterocycles. The van der Waals surface area contributed by atoms with E-state index in [-0.39, 0.29) is 7.43 Å². The van der Waals surface area contributed by atoms with E-state index in [0.29, 0.717) is 11.4 Å². The topological polar surface area (TPSA) is 49.9 Å². The Balaban J connectivity index is 0.00000243. The summed E-state index contributed by atoms with van der Waals surface area (Å²) in [5.41, 5.74) is 14.4. The van der Waals surface area contributed by atoms with Crippen molar-refractivity contribution in [3.8, 4) is 0 Å². The first kappa shape index (κ1) is 19.7. The number of allylic oxidation sites excluding steroid dienone is 1. The van der Waals surface area contributed by atoms with E-state index in [2.05, 4.69) is 31.7 Å². The van der Waals surface area contributed by atoms with E-state index < -0.39 is 0 Å². The van der Waals surface area contributed by atoms with Crippen molar-refractivity contribution in [1.82, 2.24) is 0 Å². The van der Waals surface area contributed by atoms with Crippen molar-refractivity contribution >= 4 is 23.6 Å². The highest BCUT2D eigenvalue weighted by molar-refractivity contribution is 6.13. The molecule has 0 spiro atoms. The first-order chi connectivity index (χ1) is 12.1. The summed E-state index contributed by atoms with van der Waals surface area (Å²) < 4.78 is 0. The van der Waals surface area contributed by atoms with Gasteiger partial charge in [0.2, 0.25) is 0 Å². The molecule has 0 unspecified atom stereocenters. The molecule has 2 aromatic carbocycles. The number of nitrogens with one attached hydrogen (secondary N) is 1. The lowest BCUT2D eigenvalue weighted by atomic mass is 9.90. The third-order valence-electron chi connectivity index (χ3n) is 5.04. The minimum atomic E-state index is 0. The highest BCUT2D eigenvalue weighted by Crippen LogP contribution is 2.25. The second-order valence-electron chi connectivity index (χ2n) is 6.64. The van der Waals surface area contributed by atoms with Crippen LogP contribution in [0.2, 0.25) is 0 Å². The molecular formula is C24H30N2. The summed E-state index contributed by atoms with van der Waals surface area (Å²) in [5, 5.41) is 8.52. The van der Waals surface area contributed by atoms with Gasteiger partial charge >= 0.3 is 0 Å². The van der Waals surface area contributed by atoms with Gasteiger partial charge in [0, 0.05) is 11.3 Å². The van der Waals surface area contributed by atoms with Gasteiger partial charge in [0.25, 0.3) is 0 Å². The second kappa shape index (κ2) is 8.66. The summed E-state index contributed by atoms with van der Waals surface area (Å²) in [7, 11) is 0. The van der Waals surface area contributed by atoms with Crippen molar-refractivity contribution in [2.75, 3.05) is 5.73 Å². The van der Waals surface area contributed by atoms with E-state index in [9.17, 15) is 0 Å². The molecular weight excluding hydrogens is 316 g/mol. The normalized spacial score (nSPS) is 13.1. The Hall–Kier alpha value is -2.61. The molecule has 26 heavy (non-hydrogen) atoms. The zero-order valence-electron chi connectivity index (χ0n) is 14.9. The van der Waals surface area contributed by atoms with E-state index in [0.717, 1.165) is 28.7 Å². The zero-order valence-corrected chi connectivity index (χ0v) is 14.9. The molecule has 3 rings (SSSR count). The lowest BCUT2D eigenvalue weighted by Crippen LogP contribution is -2.07. The van der Waals surface area contributed by atoms with Gasteiger partial charge in [0.15, 0.2) is 0 Å². The summed E-state index contributed by atoms with van der Waals surface area (Å²) >= 11 is 0. The van der Waals surface area contributed by atoms with E-state index in [1.54, 1.807) is 0 Å². The summed E-state index contributed by atoms with van der Waals surface area (Å²) in [6.07, 6.45) is 11.5. The molecule has 2 nitrogen and oxygen atoms in total. The van der Waals surface area contributed by atoms with Crippen molar-refractivity contribution in [2.24, 2.45) is 0 Å². The second-order valence-corrected chi connectivity index (χ2v) is 6.64. The molecule has 0 bridgehead atoms. The fourth-order valence-electron chi connectivity index (χ4n) is 3.69. The van der Waals surface area contributed by atoms with E-state index >= 15 is 0 Å². The third-order valence-corrected chi connectivity index (χ3v) is 5.04. The van der Waals surface area contributed by atoms with Gasteiger partial charge in [-0.05, 0) is 72.1 Å². The van der Waals surface area contributed by atoms with Crippen molar-refractivity contribution in [3.63, 3.8) is 0 Å². The predicted octanol–water partition coefficient (Wildman–Crippen LogP) is 6.07. The third kappa shape index (κ3) is 3.96. The van der Waals surface area contributed by atoms with Crippen molar-refractivity contribution < 1.29 is 0 Å². The van der Waals surface area contributed by atoms with E-state index in [4.69, 9.17) is 11.1 Å². The Bertz CT molecular complexity index is 844. The van der Waals surface area contributed by atoms with Gasteiger partial charge < -0.3 is 11.1 Å². The Labute approximate surface area is 158 Å². The number of anilines is 1. The fourth-order valence-corrected chi connectivity index (χ4v) is 3.69. The molecule has 0 aromatic heterocycles. The maximum atomic E-state index is 8.52. The Kier molecular flexibility index (Phi) is 6.57. The van der Waals surface area contributed by atoms with Crippen LogP contribution in [0.15, 0.2) is 43.0 Å². The zero-order chi connectivity index (χ0) is 17.8. The largest absolute Gasteiger partial charge is 0.398 e. The number of benzene rings is 2. The number of hydrogen-bond donors (Lipinski definition) is 2. The highest BCUT2D eigenvalue weighted by Gasteiger charge is 2.12. The first-order valence-corrected chi connectivity index (χ1v) is 9.06. The molecule has 136 valence electrons. The van der Waals surface area contributed by atoms with Crippen LogP contribution >= 0.6 is 0 Å². The maximum absolute atomic E-state index is 8.52. The average molecular weight is 347 g/mol. The quantitative estimate of drug-likeness (QED) is 0.501. The van der Waals surface area contributed by atoms with Crippen molar-refractivity contribution in [2.45, 2.75) is 46.5 Å². The Morgan fingerprint density at radius 3 is 2.58 bits per heavy atom. The molecule has 0 radical (unpaired) electrons. The van der Waals surface area contributed by atoms with E-state index in [1.807, 2.05) is 30.4 Å². The van der Waals surface area contributed by atoms with Gasteiger partial charge in [-0.15, -0.1) is 0 Å². The molecule has 0 saturated carbocycles. The number of nitrogen functional groups attached to an aromatic ring is 1. The monoisotopic (exact) mass is 346 g/mol. The smallest absolute Gasteiger partial charge is 0.0636 e. The van der Waals surface area contributed by atoms with Gasteiger partial charge in [0.05, 0.1) is 5.71 Å². The predicted molar refractivity (Wildman–Crippen MR) is 116 cm³/mol. The van der Waals surface area contributed by atoms with Crippen LogP contribution < -0.4 is 5.73 Å². The summed E-state index contributed by atoms with van der Waals surface area (Å²) in [4.78, 5) is 0. The SMILES string of the molecule is C.C=Cc1ccc(N)c(C(=N)/C=C/c2ccc3c(c2)CCCC3)c1CC. The Morgan fingerprint density at radius 1 is 1.15 bits per heavy atom. The van der Waals surface area contributed by atoms with Gasteiger partial charge in [0.1, 0.15) is 0 Å². The molecule has 1 aliphatic rings. The van der Waals surface area contributed by atoms with Crippen LogP contribution in [0.1, 0.15) is 60.6 Å². The number of aryl methyl sites for hydroxylation is 2. The van der Waals surface area contributed by atoms with Crippen LogP contribution in [0.25, 0.3) is 12.2 Å². The molecule has 1 aliphatic carbocycles. The average Bonchev–Trinajstić information content (AvgIpc) is 2.65. The highest BCUT2D eigenvalue weighted by atomic mass is 14.6. The minimum Gasteiger partial charge on any atom is -0.398 e. The van der Waals surface area contributed by atoms with Gasteiger partial charge in [-0.1, -0.05) is 57.3 Å². The molecule has 0 fully saturated rings. The molecule has 3 N–H and O–H groups in total. The van der Waals surface area contributed by atoms with Crippen LogP contribution in [0.5, 0.6) is 0 Å². The Morgan fingerprint density at radius 2 is 1.88 bits per heavy atom. The van der Waals surface area contributed by atoms with Crippen LogP contribution in [0.3, 0.4) is 0 Å². The van der Waals surface area contributed by atoms with Crippen LogP contribution in [0.4, 0.5) is 5.69 Å². The lowest BCUT2D eigenvalue weighted by Gasteiger charge is -2.16. The van der Waals surface area contributed by atoms with E-state index in [1.165, 1.54) is 36.8 Å². The number of rotatable bonds is 5. The summed E-state index contributed by atoms with van der Waals surface area (Å²) in [5.74, 6) is 0. The molecule has 0 saturated heterocycles. The standard InChI is InChI=1S/C23H26N2.CH4/c1-3-17-12-14-22(25)23(20(17)4-2)21(24)13-10-16-9-11-18-7-5-6-8-19(18)15-16;/h3,9-15,24H,1,4-8,25H2,2H3;1H4/b13-10+,24-21?;. The first-order valence-electron chi connectivity index (χ1n) is 9.06. The summed E-state index contributed by atoms with van der Waals surface area (Å²) in [6, 6.07) is 10.5. The minimum absolute atomic E-state index is 0. The molecule has 0 aliphatic heterocycles. The van der Waals surface area contributed by atoms with Gasteiger partial charge in [-0.25, -0.2) is 0 Å². The lowest BCUT2D eigenvalue weighted by molar-refractivity contribution is 0.685. The van der Waals surface area contributed by atoms with Crippen LogP contribution in [-0.4, -0.2) is 5.71 Å². The van der Waals surface area contributed by atoms with Crippen molar-refractivity contribution in [3.05, 3.63) is 76.4 Å². The van der Waals surface area contributed by atoms with Gasteiger partial charge in [-0.3, -0.25) is 0 Å². The number of fused-ring (bicyclic) bond motifs is 1. The molecule has 2 aromatic rings. The van der Waals surface area contributed by atoms with Gasteiger partial charge in [-0.2, -0.15) is 0 Å². The van der Waals surface area contributed by atoms with Crippen molar-refractivity contribution in [1.29, 1.82) is 5.41 Å². The molecule has 0 atom stereocenters. The fraction of sp³-hybridized carbons (Fsp3) is 0.292. The summed E-state index contributed by atoms with van der Waals surface area (Å²) in [6.45, 7) is 5.96. The molecule has 2 heteroatoms. The van der Waals surface area contributed by atoms with Crippen LogP contribution in [0, 0.1) is 5.41 Å².